The predicted molar refractivity (Wildman–Crippen MR) is 80.7 cm³/mol. The number of carbonyl (C=O) groups is 2. The van der Waals surface area contributed by atoms with E-state index in [9.17, 15) is 13.8 Å². The molecule has 1 rings (SSSR count). The lowest BCUT2D eigenvalue weighted by atomic mass is 9.93. The second kappa shape index (κ2) is 7.20. The number of nitrogens with zero attached hydrogens (tertiary/aromatic N) is 1. The average molecular weight is 302 g/mol. The van der Waals surface area contributed by atoms with Crippen molar-refractivity contribution in [1.29, 1.82) is 0 Å². The van der Waals surface area contributed by atoms with Gasteiger partial charge >= 0.3 is 0 Å². The summed E-state index contributed by atoms with van der Waals surface area (Å²) in [6.07, 6.45) is 0. The van der Waals surface area contributed by atoms with Crippen LogP contribution in [0.2, 0.25) is 0 Å². The third-order valence-electron chi connectivity index (χ3n) is 3.63. The number of rotatable bonds is 6. The van der Waals surface area contributed by atoms with Crippen molar-refractivity contribution < 1.29 is 13.8 Å². The molecule has 1 N–H and O–H groups in total. The van der Waals surface area contributed by atoms with Crippen molar-refractivity contribution in [1.82, 2.24) is 10.2 Å². The van der Waals surface area contributed by atoms with E-state index in [-0.39, 0.29) is 23.7 Å². The fourth-order valence-electron chi connectivity index (χ4n) is 2.47. The highest BCUT2D eigenvalue weighted by Gasteiger charge is 2.42. The highest BCUT2D eigenvalue weighted by atomic mass is 32.2. The fraction of sp³-hybridized carbons (Fsp3) is 0.857. The Labute approximate surface area is 123 Å². The number of amides is 2. The van der Waals surface area contributed by atoms with Gasteiger partial charge in [0.1, 0.15) is 12.1 Å². The van der Waals surface area contributed by atoms with Crippen molar-refractivity contribution in [2.24, 2.45) is 11.8 Å². The van der Waals surface area contributed by atoms with Gasteiger partial charge < -0.3 is 10.2 Å². The van der Waals surface area contributed by atoms with Gasteiger partial charge in [-0.25, -0.2) is 0 Å². The first-order valence-corrected chi connectivity index (χ1v) is 8.74. The maximum atomic E-state index is 12.5. The SMILES string of the molecule is CCS(=O)CCN1C(=O)C(C(C)C)NC(=O)C1C(C)C. The first-order valence-electron chi connectivity index (χ1n) is 7.25. The van der Waals surface area contributed by atoms with Crippen LogP contribution in [-0.2, 0) is 20.4 Å². The molecule has 0 aliphatic carbocycles. The lowest BCUT2D eigenvalue weighted by Crippen LogP contribution is -2.66. The van der Waals surface area contributed by atoms with E-state index in [1.165, 1.54) is 0 Å². The molecule has 20 heavy (non-hydrogen) atoms. The zero-order valence-electron chi connectivity index (χ0n) is 13.0. The minimum absolute atomic E-state index is 0.0436. The summed E-state index contributed by atoms with van der Waals surface area (Å²) >= 11 is 0. The monoisotopic (exact) mass is 302 g/mol. The van der Waals surface area contributed by atoms with Crippen LogP contribution >= 0.6 is 0 Å². The molecule has 1 heterocycles. The molecule has 1 saturated heterocycles. The van der Waals surface area contributed by atoms with Crippen LogP contribution in [0.3, 0.4) is 0 Å². The van der Waals surface area contributed by atoms with Crippen LogP contribution < -0.4 is 5.32 Å². The molecule has 5 nitrogen and oxygen atoms in total. The van der Waals surface area contributed by atoms with Gasteiger partial charge in [0.05, 0.1) is 0 Å². The van der Waals surface area contributed by atoms with E-state index in [0.717, 1.165) is 0 Å². The van der Waals surface area contributed by atoms with E-state index in [1.54, 1.807) is 4.90 Å². The lowest BCUT2D eigenvalue weighted by molar-refractivity contribution is -0.152. The molecule has 0 aromatic rings. The number of carbonyl (C=O) groups excluding carboxylic acids is 2. The number of hydrogen-bond donors (Lipinski definition) is 1. The lowest BCUT2D eigenvalue weighted by Gasteiger charge is -2.42. The van der Waals surface area contributed by atoms with Crippen LogP contribution in [-0.4, -0.2) is 51.1 Å². The van der Waals surface area contributed by atoms with Crippen molar-refractivity contribution in [2.45, 2.75) is 46.7 Å². The van der Waals surface area contributed by atoms with Gasteiger partial charge in [0.15, 0.2) is 0 Å². The van der Waals surface area contributed by atoms with Gasteiger partial charge in [0, 0.05) is 28.9 Å². The Bertz CT molecular complexity index is 396. The van der Waals surface area contributed by atoms with Gasteiger partial charge in [-0.05, 0) is 11.8 Å². The molecule has 0 radical (unpaired) electrons. The predicted octanol–water partition coefficient (Wildman–Crippen LogP) is 0.763. The standard InChI is InChI=1S/C14H26N2O3S/c1-6-20(19)8-7-16-12(10(4)5)13(17)15-11(9(2)3)14(16)18/h9-12H,6-8H2,1-5H3,(H,15,17). The summed E-state index contributed by atoms with van der Waals surface area (Å²) in [7, 11) is -0.931. The Hall–Kier alpha value is -0.910. The maximum absolute atomic E-state index is 12.5. The number of nitrogens with one attached hydrogen (secondary N) is 1. The molecule has 0 spiro atoms. The van der Waals surface area contributed by atoms with Gasteiger partial charge in [0.2, 0.25) is 11.8 Å². The number of piperazine rings is 1. The smallest absolute Gasteiger partial charge is 0.246 e. The molecule has 0 bridgehead atoms. The van der Waals surface area contributed by atoms with E-state index in [1.807, 2.05) is 34.6 Å². The molecular weight excluding hydrogens is 276 g/mol. The molecule has 1 aliphatic rings. The zero-order chi connectivity index (χ0) is 15.4. The quantitative estimate of drug-likeness (QED) is 0.788. The van der Waals surface area contributed by atoms with Gasteiger partial charge in [-0.1, -0.05) is 34.6 Å². The minimum Gasteiger partial charge on any atom is -0.342 e. The van der Waals surface area contributed by atoms with Crippen LogP contribution in [0.1, 0.15) is 34.6 Å². The molecule has 6 heteroatoms. The van der Waals surface area contributed by atoms with E-state index < -0.39 is 22.9 Å². The van der Waals surface area contributed by atoms with Gasteiger partial charge in [-0.3, -0.25) is 13.8 Å². The van der Waals surface area contributed by atoms with Crippen molar-refractivity contribution in [3.63, 3.8) is 0 Å². The number of hydrogen-bond acceptors (Lipinski definition) is 3. The molecule has 0 saturated carbocycles. The maximum Gasteiger partial charge on any atom is 0.246 e. The summed E-state index contributed by atoms with van der Waals surface area (Å²) in [4.78, 5) is 26.4. The Morgan fingerprint density at radius 3 is 2.25 bits per heavy atom. The fourth-order valence-corrected chi connectivity index (χ4v) is 3.15. The molecule has 0 aromatic carbocycles. The molecule has 1 aliphatic heterocycles. The minimum atomic E-state index is -0.931. The third-order valence-corrected chi connectivity index (χ3v) is 4.91. The summed E-state index contributed by atoms with van der Waals surface area (Å²) in [6, 6.07) is -0.918. The Morgan fingerprint density at radius 1 is 1.20 bits per heavy atom. The summed E-state index contributed by atoms with van der Waals surface area (Å²) in [5.74, 6) is 0.963. The zero-order valence-corrected chi connectivity index (χ0v) is 13.8. The van der Waals surface area contributed by atoms with Crippen molar-refractivity contribution in [2.75, 3.05) is 18.1 Å². The Kier molecular flexibility index (Phi) is 6.17. The summed E-state index contributed by atoms with van der Waals surface area (Å²) in [6.45, 7) is 9.94. The average Bonchev–Trinajstić information content (AvgIpc) is 2.37. The highest BCUT2D eigenvalue weighted by Crippen LogP contribution is 2.20. The highest BCUT2D eigenvalue weighted by molar-refractivity contribution is 7.84. The topological polar surface area (TPSA) is 66.5 Å². The summed E-state index contributed by atoms with van der Waals surface area (Å²) < 4.78 is 11.6. The Morgan fingerprint density at radius 2 is 1.80 bits per heavy atom. The molecule has 0 aromatic heterocycles. The molecule has 116 valence electrons. The normalized spacial score (nSPS) is 25.2. The van der Waals surface area contributed by atoms with E-state index in [2.05, 4.69) is 5.32 Å². The van der Waals surface area contributed by atoms with E-state index in [0.29, 0.717) is 18.1 Å². The second-order valence-corrected chi connectivity index (χ2v) is 7.75. The second-order valence-electron chi connectivity index (χ2n) is 5.88. The molecule has 2 amide bonds. The molecule has 3 atom stereocenters. The van der Waals surface area contributed by atoms with E-state index >= 15 is 0 Å². The van der Waals surface area contributed by atoms with Gasteiger partial charge in [-0.2, -0.15) is 0 Å². The Balaban J connectivity index is 2.93. The third kappa shape index (κ3) is 3.81. The van der Waals surface area contributed by atoms with E-state index in [4.69, 9.17) is 0 Å². The molecule has 1 fully saturated rings. The van der Waals surface area contributed by atoms with Crippen molar-refractivity contribution in [3.05, 3.63) is 0 Å². The van der Waals surface area contributed by atoms with Gasteiger partial charge in [0.25, 0.3) is 0 Å². The van der Waals surface area contributed by atoms with Crippen molar-refractivity contribution >= 4 is 22.6 Å². The van der Waals surface area contributed by atoms with Gasteiger partial charge in [-0.15, -0.1) is 0 Å². The molecular formula is C14H26N2O3S. The van der Waals surface area contributed by atoms with Crippen molar-refractivity contribution in [3.8, 4) is 0 Å². The van der Waals surface area contributed by atoms with Crippen LogP contribution in [0.5, 0.6) is 0 Å². The molecule has 3 unspecified atom stereocenters. The largest absolute Gasteiger partial charge is 0.342 e. The summed E-state index contributed by atoms with van der Waals surface area (Å²) in [5, 5.41) is 2.82. The van der Waals surface area contributed by atoms with Crippen LogP contribution in [0.4, 0.5) is 0 Å². The van der Waals surface area contributed by atoms with Crippen LogP contribution in [0.15, 0.2) is 0 Å². The first kappa shape index (κ1) is 17.1. The summed E-state index contributed by atoms with van der Waals surface area (Å²) in [5.41, 5.74) is 0. The van der Waals surface area contributed by atoms with Crippen LogP contribution in [0.25, 0.3) is 0 Å². The first-order chi connectivity index (χ1) is 9.29. The van der Waals surface area contributed by atoms with Crippen LogP contribution in [0, 0.1) is 11.8 Å².